The molecule has 3 rings (SSSR count). The van der Waals surface area contributed by atoms with E-state index in [0.717, 1.165) is 29.5 Å². The summed E-state index contributed by atoms with van der Waals surface area (Å²) in [6.07, 6.45) is 4.30. The van der Waals surface area contributed by atoms with Crippen LogP contribution in [0.5, 0.6) is 0 Å². The van der Waals surface area contributed by atoms with Crippen LogP contribution in [0.2, 0.25) is 0 Å². The lowest BCUT2D eigenvalue weighted by Gasteiger charge is -2.36. The molecule has 2 unspecified atom stereocenters. The van der Waals surface area contributed by atoms with Crippen molar-refractivity contribution in [2.45, 2.75) is 39.3 Å². The molecule has 0 aromatic carbocycles. The number of anilines is 1. The van der Waals surface area contributed by atoms with E-state index in [-0.39, 0.29) is 12.0 Å². The molecule has 0 spiro atoms. The Kier molecular flexibility index (Phi) is 5.67. The summed E-state index contributed by atoms with van der Waals surface area (Å²) in [5.74, 6) is 0.773. The van der Waals surface area contributed by atoms with Crippen molar-refractivity contribution < 1.29 is 9.84 Å². The number of nitrogens with two attached hydrogens (primary N) is 1. The smallest absolute Gasteiger partial charge is 0.130 e. The van der Waals surface area contributed by atoms with E-state index in [1.54, 1.807) is 6.20 Å². The number of nitrogens with one attached hydrogen (secondary N) is 1. The molecule has 0 amide bonds. The fourth-order valence-corrected chi connectivity index (χ4v) is 3.46. The first kappa shape index (κ1) is 20.2. The fourth-order valence-electron chi connectivity index (χ4n) is 3.46. The molecule has 0 radical (unpaired) electrons. The Balaban J connectivity index is 2.32. The fraction of sp³-hybridized carbons (Fsp3) is 0.476. The largest absolute Gasteiger partial charge is 0.397 e. The van der Waals surface area contributed by atoms with Gasteiger partial charge < -0.3 is 25.9 Å². The summed E-state index contributed by atoms with van der Waals surface area (Å²) in [4.78, 5) is 11.5. The third-order valence-electron chi connectivity index (χ3n) is 5.58. The molecule has 1 aliphatic heterocycles. The lowest BCUT2D eigenvalue weighted by atomic mass is 9.83. The Morgan fingerprint density at radius 2 is 2.25 bits per heavy atom. The number of aliphatic hydroxyl groups is 1. The van der Waals surface area contributed by atoms with E-state index >= 15 is 0 Å². The minimum absolute atomic E-state index is 0.000794. The highest BCUT2D eigenvalue weighted by atomic mass is 16.5. The monoisotopic (exact) mass is 383 g/mol. The number of hydrogen-bond donors (Lipinski definition) is 3. The number of allylic oxidation sites excluding steroid dienone is 1. The minimum atomic E-state index is -1.05. The molecule has 7 heteroatoms. The van der Waals surface area contributed by atoms with Crippen molar-refractivity contribution in [3.05, 3.63) is 35.7 Å². The molecule has 0 bridgehead atoms. The van der Waals surface area contributed by atoms with Crippen molar-refractivity contribution in [3.63, 3.8) is 0 Å². The molecular formula is C21H29N5O2. The Bertz CT molecular complexity index is 907. The third kappa shape index (κ3) is 3.59. The van der Waals surface area contributed by atoms with Crippen molar-refractivity contribution in [2.75, 3.05) is 24.7 Å². The number of rotatable bonds is 5. The summed E-state index contributed by atoms with van der Waals surface area (Å²) < 4.78 is 5.57. The quantitative estimate of drug-likeness (QED) is 0.685. The average Bonchev–Trinajstić information content (AvgIpc) is 2.67. The van der Waals surface area contributed by atoms with Gasteiger partial charge in [-0.15, -0.1) is 0 Å². The van der Waals surface area contributed by atoms with Gasteiger partial charge in [0.15, 0.2) is 0 Å². The summed E-state index contributed by atoms with van der Waals surface area (Å²) in [6, 6.07) is 4.01. The highest BCUT2D eigenvalue weighted by Gasteiger charge is 2.32. The maximum Gasteiger partial charge on any atom is 0.130 e. The molecule has 4 N–H and O–H groups in total. The highest BCUT2D eigenvalue weighted by molar-refractivity contribution is 5.94. The Labute approximate surface area is 165 Å². The molecule has 3 heterocycles. The van der Waals surface area contributed by atoms with Crippen molar-refractivity contribution in [1.82, 2.24) is 9.97 Å². The van der Waals surface area contributed by atoms with Crippen LogP contribution in [0.4, 0.5) is 5.82 Å². The van der Waals surface area contributed by atoms with Crippen LogP contribution in [0.1, 0.15) is 39.0 Å². The van der Waals surface area contributed by atoms with Gasteiger partial charge in [0.05, 0.1) is 30.6 Å². The standard InChI is InChI=1S/C21H29N5O2/c1-13(2)21(4,27)16-11-18(26-9-10-28-12-14(26)3)25-19-15(16)6-8-24-20(19)17(23)5-7-22/h5-8,11,13-14,22,27H,9-10,12,23H2,1-4H3/b17-5-,22-7?. The molecule has 2 aromatic heterocycles. The van der Waals surface area contributed by atoms with Gasteiger partial charge >= 0.3 is 0 Å². The summed E-state index contributed by atoms with van der Waals surface area (Å²) in [7, 11) is 0. The van der Waals surface area contributed by atoms with Crippen molar-refractivity contribution in [2.24, 2.45) is 11.7 Å². The predicted molar refractivity (Wildman–Crippen MR) is 113 cm³/mol. The van der Waals surface area contributed by atoms with E-state index in [9.17, 15) is 5.11 Å². The molecule has 2 atom stereocenters. The van der Waals surface area contributed by atoms with E-state index in [1.807, 2.05) is 32.9 Å². The second-order valence-corrected chi connectivity index (χ2v) is 7.79. The molecule has 0 saturated carbocycles. The van der Waals surface area contributed by atoms with Gasteiger partial charge in [0.1, 0.15) is 17.0 Å². The van der Waals surface area contributed by atoms with Gasteiger partial charge in [0, 0.05) is 24.3 Å². The number of fused-ring (bicyclic) bond motifs is 1. The Morgan fingerprint density at radius 3 is 2.89 bits per heavy atom. The van der Waals surface area contributed by atoms with Crippen LogP contribution in [0.15, 0.2) is 24.4 Å². The van der Waals surface area contributed by atoms with Gasteiger partial charge in [-0.05, 0) is 43.5 Å². The molecule has 1 aliphatic rings. The highest BCUT2D eigenvalue weighted by Crippen LogP contribution is 2.37. The van der Waals surface area contributed by atoms with Gasteiger partial charge in [0.2, 0.25) is 0 Å². The molecular weight excluding hydrogens is 354 g/mol. The number of hydrogen-bond acceptors (Lipinski definition) is 7. The van der Waals surface area contributed by atoms with Crippen LogP contribution in [0.25, 0.3) is 16.6 Å². The van der Waals surface area contributed by atoms with Crippen LogP contribution >= 0.6 is 0 Å². The van der Waals surface area contributed by atoms with E-state index in [2.05, 4.69) is 16.8 Å². The predicted octanol–water partition coefficient (Wildman–Crippen LogP) is 2.67. The Hall–Kier alpha value is -2.51. The minimum Gasteiger partial charge on any atom is -0.397 e. The zero-order valence-corrected chi connectivity index (χ0v) is 16.9. The summed E-state index contributed by atoms with van der Waals surface area (Å²) in [6.45, 7) is 9.91. The van der Waals surface area contributed by atoms with Crippen LogP contribution in [-0.4, -0.2) is 47.1 Å². The zero-order chi connectivity index (χ0) is 20.5. The van der Waals surface area contributed by atoms with Gasteiger partial charge in [-0.1, -0.05) is 13.8 Å². The third-order valence-corrected chi connectivity index (χ3v) is 5.58. The van der Waals surface area contributed by atoms with Crippen molar-refractivity contribution in [1.29, 1.82) is 5.41 Å². The first-order valence-electron chi connectivity index (χ1n) is 9.61. The van der Waals surface area contributed by atoms with Gasteiger partial charge in [-0.2, -0.15) is 0 Å². The van der Waals surface area contributed by atoms with Crippen LogP contribution < -0.4 is 10.6 Å². The van der Waals surface area contributed by atoms with Crippen LogP contribution in [-0.2, 0) is 10.3 Å². The number of ether oxygens (including phenoxy) is 1. The zero-order valence-electron chi connectivity index (χ0n) is 16.9. The Morgan fingerprint density at radius 1 is 1.50 bits per heavy atom. The summed E-state index contributed by atoms with van der Waals surface area (Å²) in [5.41, 5.74) is 7.42. The lowest BCUT2D eigenvalue weighted by Crippen LogP contribution is -2.44. The lowest BCUT2D eigenvalue weighted by molar-refractivity contribution is 0.0104. The number of nitrogens with zero attached hydrogens (tertiary/aromatic N) is 3. The van der Waals surface area contributed by atoms with Gasteiger partial charge in [-0.3, -0.25) is 4.98 Å². The topological polar surface area (TPSA) is 108 Å². The molecule has 2 aromatic rings. The first-order valence-corrected chi connectivity index (χ1v) is 9.61. The molecule has 1 fully saturated rings. The summed E-state index contributed by atoms with van der Waals surface area (Å²) >= 11 is 0. The second kappa shape index (κ2) is 7.85. The maximum absolute atomic E-state index is 11.3. The van der Waals surface area contributed by atoms with Gasteiger partial charge in [-0.25, -0.2) is 4.98 Å². The summed E-state index contributed by atoms with van der Waals surface area (Å²) in [5, 5.41) is 19.4. The molecule has 7 nitrogen and oxygen atoms in total. The van der Waals surface area contributed by atoms with Crippen LogP contribution in [0, 0.1) is 11.3 Å². The van der Waals surface area contributed by atoms with E-state index in [0.29, 0.717) is 30.1 Å². The second-order valence-electron chi connectivity index (χ2n) is 7.79. The average molecular weight is 383 g/mol. The molecule has 28 heavy (non-hydrogen) atoms. The number of aromatic nitrogens is 2. The van der Waals surface area contributed by atoms with Gasteiger partial charge in [0.25, 0.3) is 0 Å². The van der Waals surface area contributed by atoms with E-state index in [4.69, 9.17) is 20.9 Å². The van der Waals surface area contributed by atoms with Crippen LogP contribution in [0.3, 0.4) is 0 Å². The molecule has 150 valence electrons. The SMILES string of the molecule is CC1COCCN1c1cc(C(C)(O)C(C)C)c2ccnc(/C(N)=C/C=N)c2n1. The maximum atomic E-state index is 11.3. The number of pyridine rings is 2. The molecule has 1 saturated heterocycles. The van der Waals surface area contributed by atoms with E-state index < -0.39 is 5.60 Å². The first-order chi connectivity index (χ1) is 13.3. The van der Waals surface area contributed by atoms with E-state index in [1.165, 1.54) is 6.08 Å². The molecule has 0 aliphatic carbocycles. The van der Waals surface area contributed by atoms with Crippen molar-refractivity contribution in [3.8, 4) is 0 Å². The number of morpholine rings is 1. The van der Waals surface area contributed by atoms with Crippen molar-refractivity contribution >= 4 is 28.6 Å². The normalized spacial score (nSPS) is 20.4.